The van der Waals surface area contributed by atoms with E-state index in [2.05, 4.69) is 180 Å². The Balaban J connectivity index is 1.14. The maximum absolute atomic E-state index is 6.42. The van der Waals surface area contributed by atoms with Crippen LogP contribution < -0.4 is 9.80 Å². The van der Waals surface area contributed by atoms with Crippen LogP contribution in [0.2, 0.25) is 0 Å². The van der Waals surface area contributed by atoms with Gasteiger partial charge in [-0.25, -0.2) is 4.98 Å². The summed E-state index contributed by atoms with van der Waals surface area (Å²) >= 11 is 0. The zero-order valence-corrected chi connectivity index (χ0v) is 30.6. The molecule has 0 N–H and O–H groups in total. The molecule has 0 spiro atoms. The predicted molar refractivity (Wildman–Crippen MR) is 224 cm³/mol. The van der Waals surface area contributed by atoms with E-state index in [0.29, 0.717) is 0 Å². The van der Waals surface area contributed by atoms with E-state index in [4.69, 9.17) is 9.40 Å². The van der Waals surface area contributed by atoms with Crippen molar-refractivity contribution in [1.29, 1.82) is 0 Å². The van der Waals surface area contributed by atoms with Crippen LogP contribution in [0.3, 0.4) is 0 Å². The molecule has 1 aliphatic heterocycles. The molecule has 0 unspecified atom stereocenters. The Morgan fingerprint density at radius 1 is 0.556 bits per heavy atom. The Bertz CT molecular complexity index is 3140. The number of benzene rings is 7. The number of hydrogen-bond donors (Lipinski definition) is 0. The molecule has 6 heteroatoms. The van der Waals surface area contributed by atoms with Crippen LogP contribution in [-0.2, 0) is 7.05 Å². The zero-order chi connectivity index (χ0) is 36.2. The van der Waals surface area contributed by atoms with Gasteiger partial charge in [0.1, 0.15) is 23.7 Å². The summed E-state index contributed by atoms with van der Waals surface area (Å²) in [5.74, 6) is 0.943. The van der Waals surface area contributed by atoms with E-state index >= 15 is 0 Å². The standard InChI is InChI=1S/C48H37N5O/c1-29-24-30(2)47(31(3)25-29)52-28-51(39-17-8-9-18-40(39)52)33-12-11-13-34(27-33)53-41-22-23-44-46(36-14-5-10-19-43(36)54-44)45(41)35-21-20-32(26-42(35)53)48-49-37-15-6-7-16-38(37)50(48)4/h5-27H,28H2,1-4H3. The number of fused-ring (bicyclic) bond motifs is 9. The van der Waals surface area contributed by atoms with Crippen LogP contribution >= 0.6 is 0 Å². The van der Waals surface area contributed by atoms with E-state index in [1.807, 2.05) is 6.07 Å². The maximum atomic E-state index is 6.42. The maximum Gasteiger partial charge on any atom is 0.140 e. The van der Waals surface area contributed by atoms with Crippen LogP contribution in [0.5, 0.6) is 0 Å². The quantitative estimate of drug-likeness (QED) is 0.183. The van der Waals surface area contributed by atoms with Crippen molar-refractivity contribution < 1.29 is 4.42 Å². The van der Waals surface area contributed by atoms with Gasteiger partial charge in [0.2, 0.25) is 0 Å². The number of anilines is 4. The molecule has 1 aliphatic rings. The minimum atomic E-state index is 0.721. The summed E-state index contributed by atoms with van der Waals surface area (Å²) < 4.78 is 11.0. The Morgan fingerprint density at radius 2 is 1.30 bits per heavy atom. The average Bonchev–Trinajstić information content (AvgIpc) is 3.93. The van der Waals surface area contributed by atoms with E-state index < -0.39 is 0 Å². The zero-order valence-electron chi connectivity index (χ0n) is 30.6. The largest absolute Gasteiger partial charge is 0.456 e. The Kier molecular flexibility index (Phi) is 6.48. The predicted octanol–water partition coefficient (Wildman–Crippen LogP) is 12.4. The fourth-order valence-electron chi connectivity index (χ4n) is 9.17. The molecular weight excluding hydrogens is 663 g/mol. The summed E-state index contributed by atoms with van der Waals surface area (Å²) in [6, 6.07) is 50.2. The van der Waals surface area contributed by atoms with Gasteiger partial charge in [0.25, 0.3) is 0 Å². The molecule has 3 aromatic heterocycles. The van der Waals surface area contributed by atoms with Gasteiger partial charge >= 0.3 is 0 Å². The van der Waals surface area contributed by atoms with E-state index in [1.165, 1.54) is 44.5 Å². The van der Waals surface area contributed by atoms with Gasteiger partial charge in [-0.05, 0) is 98.6 Å². The van der Waals surface area contributed by atoms with E-state index in [1.54, 1.807) is 0 Å². The molecule has 0 radical (unpaired) electrons. The number of nitrogens with zero attached hydrogens (tertiary/aromatic N) is 5. The second kappa shape index (κ2) is 11.4. The monoisotopic (exact) mass is 699 g/mol. The summed E-state index contributed by atoms with van der Waals surface area (Å²) in [6.45, 7) is 7.35. The van der Waals surface area contributed by atoms with Crippen LogP contribution in [0.15, 0.2) is 144 Å². The third kappa shape index (κ3) is 4.37. The molecule has 11 rings (SSSR count). The van der Waals surface area contributed by atoms with Gasteiger partial charge in [-0.3, -0.25) is 0 Å². The lowest BCUT2D eigenvalue weighted by molar-refractivity contribution is 0.669. The second-order valence-corrected chi connectivity index (χ2v) is 14.7. The van der Waals surface area contributed by atoms with Crippen molar-refractivity contribution in [3.8, 4) is 17.1 Å². The van der Waals surface area contributed by atoms with Crippen molar-refractivity contribution in [3.05, 3.63) is 156 Å². The van der Waals surface area contributed by atoms with Crippen molar-refractivity contribution in [2.75, 3.05) is 16.5 Å². The van der Waals surface area contributed by atoms with Crippen LogP contribution in [-0.4, -0.2) is 20.8 Å². The number of para-hydroxylation sites is 5. The molecule has 0 atom stereocenters. The highest BCUT2D eigenvalue weighted by atomic mass is 16.3. The molecule has 10 aromatic rings. The first-order valence-corrected chi connectivity index (χ1v) is 18.6. The van der Waals surface area contributed by atoms with Gasteiger partial charge in [0.15, 0.2) is 0 Å². The van der Waals surface area contributed by atoms with Crippen LogP contribution in [0.25, 0.3) is 71.9 Å². The minimum absolute atomic E-state index is 0.721. The normalized spacial score (nSPS) is 13.0. The first-order valence-electron chi connectivity index (χ1n) is 18.6. The molecule has 0 aliphatic carbocycles. The number of aromatic nitrogens is 3. The van der Waals surface area contributed by atoms with Crippen LogP contribution in [0, 0.1) is 20.8 Å². The van der Waals surface area contributed by atoms with Crippen molar-refractivity contribution in [2.45, 2.75) is 20.8 Å². The lowest BCUT2D eigenvalue weighted by atomic mass is 10.0. The SMILES string of the molecule is Cc1cc(C)c(N2CN(c3cccc(-n4c5cc(-c6nc7ccccc7n6C)ccc5c5c6c(ccc54)oc4ccccc46)c3)c3ccccc32)c(C)c1. The minimum Gasteiger partial charge on any atom is -0.456 e. The van der Waals surface area contributed by atoms with E-state index in [-0.39, 0.29) is 0 Å². The van der Waals surface area contributed by atoms with E-state index in [9.17, 15) is 0 Å². The molecular formula is C48H37N5O. The fraction of sp³-hybridized carbons (Fsp3) is 0.104. The second-order valence-electron chi connectivity index (χ2n) is 14.7. The Hall–Kier alpha value is -6.79. The van der Waals surface area contributed by atoms with Gasteiger partial charge < -0.3 is 23.4 Å². The summed E-state index contributed by atoms with van der Waals surface area (Å²) in [6.07, 6.45) is 0. The topological polar surface area (TPSA) is 42.4 Å². The van der Waals surface area contributed by atoms with Crippen LogP contribution in [0.1, 0.15) is 16.7 Å². The van der Waals surface area contributed by atoms with Gasteiger partial charge in [-0.1, -0.05) is 78.4 Å². The Labute approximate surface area is 312 Å². The Morgan fingerprint density at radius 3 is 2.13 bits per heavy atom. The summed E-state index contributed by atoms with van der Waals surface area (Å²) in [4.78, 5) is 10.0. The number of imidazole rings is 1. The third-order valence-corrected chi connectivity index (χ3v) is 11.4. The molecule has 4 heterocycles. The molecule has 54 heavy (non-hydrogen) atoms. The number of rotatable bonds is 4. The number of aryl methyl sites for hydroxylation is 4. The van der Waals surface area contributed by atoms with Crippen molar-refractivity contribution in [2.24, 2.45) is 7.05 Å². The molecule has 0 saturated heterocycles. The molecule has 0 bridgehead atoms. The molecule has 260 valence electrons. The third-order valence-electron chi connectivity index (χ3n) is 11.4. The van der Waals surface area contributed by atoms with Crippen molar-refractivity contribution >= 4 is 77.5 Å². The highest BCUT2D eigenvalue weighted by Gasteiger charge is 2.30. The average molecular weight is 700 g/mol. The van der Waals surface area contributed by atoms with Gasteiger partial charge in [0, 0.05) is 51.2 Å². The first kappa shape index (κ1) is 30.8. The molecule has 0 fully saturated rings. The number of hydrogen-bond acceptors (Lipinski definition) is 4. The summed E-state index contributed by atoms with van der Waals surface area (Å²) in [7, 11) is 2.10. The summed E-state index contributed by atoms with van der Waals surface area (Å²) in [5.41, 5.74) is 17.0. The van der Waals surface area contributed by atoms with Crippen LogP contribution in [0.4, 0.5) is 22.7 Å². The van der Waals surface area contributed by atoms with Gasteiger partial charge in [0.05, 0.1) is 33.4 Å². The van der Waals surface area contributed by atoms with Gasteiger partial charge in [-0.15, -0.1) is 0 Å². The summed E-state index contributed by atoms with van der Waals surface area (Å²) in [5, 5.41) is 4.64. The highest BCUT2D eigenvalue weighted by Crippen LogP contribution is 2.47. The molecule has 7 aromatic carbocycles. The van der Waals surface area contributed by atoms with E-state index in [0.717, 1.165) is 73.4 Å². The van der Waals surface area contributed by atoms with Gasteiger partial charge in [-0.2, -0.15) is 0 Å². The number of furan rings is 1. The lowest BCUT2D eigenvalue weighted by Crippen LogP contribution is -2.25. The molecule has 0 saturated carbocycles. The molecule has 0 amide bonds. The lowest BCUT2D eigenvalue weighted by Gasteiger charge is -2.26. The first-order chi connectivity index (χ1) is 26.4. The fourth-order valence-corrected chi connectivity index (χ4v) is 9.17. The molecule has 6 nitrogen and oxygen atoms in total. The van der Waals surface area contributed by atoms with Crippen molar-refractivity contribution in [3.63, 3.8) is 0 Å². The smallest absolute Gasteiger partial charge is 0.140 e. The van der Waals surface area contributed by atoms with Crippen molar-refractivity contribution in [1.82, 2.24) is 14.1 Å². The highest BCUT2D eigenvalue weighted by molar-refractivity contribution is 6.27.